The van der Waals surface area contributed by atoms with Gasteiger partial charge in [-0.3, -0.25) is 14.6 Å². The summed E-state index contributed by atoms with van der Waals surface area (Å²) in [4.78, 5) is 30.1. The molecule has 1 aliphatic rings. The Labute approximate surface area is 122 Å². The molecule has 1 amide bonds. The number of rotatable bonds is 2. The maximum absolute atomic E-state index is 12.6. The third-order valence-corrected chi connectivity index (χ3v) is 3.89. The standard InChI is InChI=1S/C16H16N2O3/c1-21-16(20)12-7-9-18(10-12)15(19)14-13-5-3-2-4-11(13)6-8-17-14/h2-6,8,12H,7,9-10H2,1H3. The fourth-order valence-electron chi connectivity index (χ4n) is 2.74. The van der Waals surface area contributed by atoms with Gasteiger partial charge >= 0.3 is 5.97 Å². The van der Waals surface area contributed by atoms with Crippen molar-refractivity contribution in [1.29, 1.82) is 0 Å². The maximum Gasteiger partial charge on any atom is 0.310 e. The molecule has 2 aromatic rings. The van der Waals surface area contributed by atoms with Crippen LogP contribution in [0.15, 0.2) is 36.5 Å². The van der Waals surface area contributed by atoms with Crippen LogP contribution < -0.4 is 0 Å². The Morgan fingerprint density at radius 2 is 2.10 bits per heavy atom. The van der Waals surface area contributed by atoms with Gasteiger partial charge < -0.3 is 9.64 Å². The molecule has 0 saturated carbocycles. The second-order valence-corrected chi connectivity index (χ2v) is 5.14. The Morgan fingerprint density at radius 1 is 1.29 bits per heavy atom. The Kier molecular flexibility index (Phi) is 3.56. The summed E-state index contributed by atoms with van der Waals surface area (Å²) in [7, 11) is 1.37. The number of nitrogens with zero attached hydrogens (tertiary/aromatic N) is 2. The predicted molar refractivity (Wildman–Crippen MR) is 77.8 cm³/mol. The minimum atomic E-state index is -0.254. The van der Waals surface area contributed by atoms with Gasteiger partial charge in [-0.25, -0.2) is 0 Å². The number of hydrogen-bond donors (Lipinski definition) is 0. The molecule has 5 nitrogen and oxygen atoms in total. The van der Waals surface area contributed by atoms with E-state index in [2.05, 4.69) is 4.98 Å². The lowest BCUT2D eigenvalue weighted by Gasteiger charge is -2.16. The van der Waals surface area contributed by atoms with Crippen molar-refractivity contribution in [2.75, 3.05) is 20.2 Å². The number of esters is 1. The molecule has 21 heavy (non-hydrogen) atoms. The van der Waals surface area contributed by atoms with Crippen LogP contribution in [-0.2, 0) is 9.53 Å². The molecular weight excluding hydrogens is 268 g/mol. The average Bonchev–Trinajstić information content (AvgIpc) is 3.03. The van der Waals surface area contributed by atoms with Gasteiger partial charge in [0, 0.05) is 24.7 Å². The summed E-state index contributed by atoms with van der Waals surface area (Å²) in [5, 5.41) is 1.83. The summed E-state index contributed by atoms with van der Waals surface area (Å²) in [6.45, 7) is 0.958. The molecule has 1 unspecified atom stereocenters. The van der Waals surface area contributed by atoms with Crippen LogP contribution in [0.3, 0.4) is 0 Å². The Balaban J connectivity index is 1.87. The molecule has 0 bridgehead atoms. The molecule has 3 rings (SSSR count). The summed E-state index contributed by atoms with van der Waals surface area (Å²) in [6, 6.07) is 9.55. The Bertz CT molecular complexity index is 693. The third-order valence-electron chi connectivity index (χ3n) is 3.89. The average molecular weight is 284 g/mol. The summed E-state index contributed by atoms with van der Waals surface area (Å²) in [5.74, 6) is -0.608. The van der Waals surface area contributed by atoms with Crippen LogP contribution in [-0.4, -0.2) is 42.0 Å². The fourth-order valence-corrected chi connectivity index (χ4v) is 2.74. The topological polar surface area (TPSA) is 59.5 Å². The van der Waals surface area contributed by atoms with Gasteiger partial charge in [-0.2, -0.15) is 0 Å². The number of fused-ring (bicyclic) bond motifs is 1. The van der Waals surface area contributed by atoms with Gasteiger partial charge in [-0.1, -0.05) is 24.3 Å². The zero-order chi connectivity index (χ0) is 14.8. The predicted octanol–water partition coefficient (Wildman–Crippen LogP) is 1.87. The molecule has 1 aromatic carbocycles. The van der Waals surface area contributed by atoms with Gasteiger partial charge in [0.05, 0.1) is 13.0 Å². The largest absolute Gasteiger partial charge is 0.469 e. The summed E-state index contributed by atoms with van der Waals surface area (Å²) >= 11 is 0. The molecule has 1 atom stereocenters. The van der Waals surface area contributed by atoms with Crippen molar-refractivity contribution in [3.05, 3.63) is 42.2 Å². The van der Waals surface area contributed by atoms with Gasteiger partial charge in [0.2, 0.25) is 0 Å². The van der Waals surface area contributed by atoms with Crippen molar-refractivity contribution in [3.8, 4) is 0 Å². The first kappa shape index (κ1) is 13.5. The quantitative estimate of drug-likeness (QED) is 0.790. The summed E-state index contributed by atoms with van der Waals surface area (Å²) in [6.07, 6.45) is 2.28. The first-order chi connectivity index (χ1) is 10.2. The number of ether oxygens (including phenoxy) is 1. The highest BCUT2D eigenvalue weighted by Gasteiger charge is 2.32. The van der Waals surface area contributed by atoms with Crippen LogP contribution in [0.25, 0.3) is 10.8 Å². The van der Waals surface area contributed by atoms with Crippen molar-refractivity contribution < 1.29 is 14.3 Å². The molecule has 1 fully saturated rings. The summed E-state index contributed by atoms with van der Waals surface area (Å²) < 4.78 is 4.75. The van der Waals surface area contributed by atoms with Crippen molar-refractivity contribution in [2.45, 2.75) is 6.42 Å². The first-order valence-electron chi connectivity index (χ1n) is 6.91. The van der Waals surface area contributed by atoms with E-state index in [-0.39, 0.29) is 17.8 Å². The van der Waals surface area contributed by atoms with Crippen LogP contribution in [0.5, 0.6) is 0 Å². The van der Waals surface area contributed by atoms with E-state index >= 15 is 0 Å². The lowest BCUT2D eigenvalue weighted by Crippen LogP contribution is -2.31. The molecule has 1 aliphatic heterocycles. The van der Waals surface area contributed by atoms with Crippen molar-refractivity contribution >= 4 is 22.6 Å². The number of pyridine rings is 1. The minimum Gasteiger partial charge on any atom is -0.469 e. The molecule has 2 heterocycles. The second kappa shape index (κ2) is 5.52. The molecule has 0 radical (unpaired) electrons. The van der Waals surface area contributed by atoms with E-state index in [0.29, 0.717) is 25.2 Å². The van der Waals surface area contributed by atoms with Crippen molar-refractivity contribution in [2.24, 2.45) is 5.92 Å². The number of amides is 1. The van der Waals surface area contributed by atoms with Crippen molar-refractivity contribution in [3.63, 3.8) is 0 Å². The molecular formula is C16H16N2O3. The monoisotopic (exact) mass is 284 g/mol. The molecule has 108 valence electrons. The van der Waals surface area contributed by atoms with E-state index in [9.17, 15) is 9.59 Å². The number of aromatic nitrogens is 1. The highest BCUT2D eigenvalue weighted by molar-refractivity contribution is 6.05. The van der Waals surface area contributed by atoms with E-state index in [4.69, 9.17) is 4.74 Å². The summed E-state index contributed by atoms with van der Waals surface area (Å²) in [5.41, 5.74) is 0.443. The normalized spacial score (nSPS) is 18.0. The minimum absolute atomic E-state index is 0.127. The van der Waals surface area contributed by atoms with E-state index in [1.807, 2.05) is 30.3 Å². The Morgan fingerprint density at radius 3 is 2.90 bits per heavy atom. The van der Waals surface area contributed by atoms with E-state index < -0.39 is 0 Å². The number of carbonyl (C=O) groups excluding carboxylic acids is 2. The Hall–Kier alpha value is -2.43. The zero-order valence-electron chi connectivity index (χ0n) is 11.8. The molecule has 1 aromatic heterocycles. The van der Waals surface area contributed by atoms with Gasteiger partial charge in [-0.05, 0) is 17.9 Å². The second-order valence-electron chi connectivity index (χ2n) is 5.14. The molecule has 0 spiro atoms. The molecule has 0 aliphatic carbocycles. The van der Waals surface area contributed by atoms with Gasteiger partial charge in [0.25, 0.3) is 5.91 Å². The van der Waals surface area contributed by atoms with Crippen LogP contribution in [0.4, 0.5) is 0 Å². The van der Waals surface area contributed by atoms with Gasteiger partial charge in [0.15, 0.2) is 0 Å². The number of benzene rings is 1. The third kappa shape index (κ3) is 2.46. The van der Waals surface area contributed by atoms with Gasteiger partial charge in [0.1, 0.15) is 5.69 Å². The smallest absolute Gasteiger partial charge is 0.310 e. The molecule has 1 saturated heterocycles. The van der Waals surface area contributed by atoms with Crippen LogP contribution in [0, 0.1) is 5.92 Å². The lowest BCUT2D eigenvalue weighted by molar-refractivity contribution is -0.144. The first-order valence-corrected chi connectivity index (χ1v) is 6.91. The highest BCUT2D eigenvalue weighted by atomic mass is 16.5. The van der Waals surface area contributed by atoms with Gasteiger partial charge in [-0.15, -0.1) is 0 Å². The number of hydrogen-bond acceptors (Lipinski definition) is 4. The maximum atomic E-state index is 12.6. The fraction of sp³-hybridized carbons (Fsp3) is 0.312. The SMILES string of the molecule is COC(=O)C1CCN(C(=O)c2nccc3ccccc23)C1. The molecule has 5 heteroatoms. The van der Waals surface area contributed by atoms with Crippen molar-refractivity contribution in [1.82, 2.24) is 9.88 Å². The van der Waals surface area contributed by atoms with Crippen LogP contribution in [0.2, 0.25) is 0 Å². The number of methoxy groups -OCH3 is 1. The van der Waals surface area contributed by atoms with E-state index in [0.717, 1.165) is 10.8 Å². The lowest BCUT2D eigenvalue weighted by atomic mass is 10.1. The van der Waals surface area contributed by atoms with E-state index in [1.165, 1.54) is 7.11 Å². The zero-order valence-corrected chi connectivity index (χ0v) is 11.8. The highest BCUT2D eigenvalue weighted by Crippen LogP contribution is 2.22. The van der Waals surface area contributed by atoms with E-state index in [1.54, 1.807) is 11.1 Å². The number of carbonyl (C=O) groups is 2. The number of likely N-dealkylation sites (tertiary alicyclic amines) is 1. The molecule has 0 N–H and O–H groups in total. The van der Waals surface area contributed by atoms with Crippen LogP contribution >= 0.6 is 0 Å². The van der Waals surface area contributed by atoms with Crippen LogP contribution in [0.1, 0.15) is 16.9 Å².